The average Bonchev–Trinajstić information content (AvgIpc) is 2.76. The van der Waals surface area contributed by atoms with Crippen LogP contribution in [-0.2, 0) is 4.79 Å². The largest absolute Gasteiger partial charge is 0.480 e. The van der Waals surface area contributed by atoms with Crippen LogP contribution in [0.25, 0.3) is 0 Å². The Morgan fingerprint density at radius 3 is 2.69 bits per heavy atom. The number of hydrogen-bond acceptors (Lipinski definition) is 3. The monoisotopic (exact) mass is 226 g/mol. The first-order chi connectivity index (χ1) is 7.53. The molecule has 1 atom stereocenters. The molecular formula is C12H22N2O2. The van der Waals surface area contributed by atoms with Crippen LogP contribution in [0.4, 0.5) is 0 Å². The standard InChI is InChI=1S/C12H22N2O2/c1-10(2)13-7-5-12(9-13)4-3-6-14(12)8-11(15)16/h10H,3-9H2,1-2H3,(H,15,16). The van der Waals surface area contributed by atoms with E-state index < -0.39 is 5.97 Å². The van der Waals surface area contributed by atoms with Crippen molar-refractivity contribution in [1.29, 1.82) is 0 Å². The molecule has 92 valence electrons. The van der Waals surface area contributed by atoms with Gasteiger partial charge < -0.3 is 5.11 Å². The van der Waals surface area contributed by atoms with Gasteiger partial charge >= 0.3 is 5.97 Å². The summed E-state index contributed by atoms with van der Waals surface area (Å²) >= 11 is 0. The zero-order chi connectivity index (χ0) is 11.8. The molecule has 0 radical (unpaired) electrons. The molecule has 0 bridgehead atoms. The maximum absolute atomic E-state index is 10.9. The third-order valence-electron chi connectivity index (χ3n) is 4.16. The van der Waals surface area contributed by atoms with Gasteiger partial charge in [0.15, 0.2) is 0 Å². The summed E-state index contributed by atoms with van der Waals surface area (Å²) in [4.78, 5) is 15.5. The summed E-state index contributed by atoms with van der Waals surface area (Å²) in [6, 6.07) is 0.576. The van der Waals surface area contributed by atoms with Gasteiger partial charge in [0.25, 0.3) is 0 Å². The molecule has 2 aliphatic heterocycles. The van der Waals surface area contributed by atoms with Crippen molar-refractivity contribution in [2.45, 2.75) is 44.7 Å². The van der Waals surface area contributed by atoms with Crippen LogP contribution < -0.4 is 0 Å². The van der Waals surface area contributed by atoms with Crippen LogP contribution in [0, 0.1) is 0 Å². The van der Waals surface area contributed by atoms with Gasteiger partial charge in [-0.3, -0.25) is 14.6 Å². The summed E-state index contributed by atoms with van der Waals surface area (Å²) in [6.45, 7) is 7.78. The highest BCUT2D eigenvalue weighted by Gasteiger charge is 2.46. The molecule has 1 unspecified atom stereocenters. The minimum atomic E-state index is -0.690. The second kappa shape index (κ2) is 4.34. The van der Waals surface area contributed by atoms with Gasteiger partial charge in [-0.2, -0.15) is 0 Å². The lowest BCUT2D eigenvalue weighted by molar-refractivity contribution is -0.139. The van der Waals surface area contributed by atoms with Crippen molar-refractivity contribution < 1.29 is 9.90 Å². The van der Waals surface area contributed by atoms with Crippen molar-refractivity contribution in [1.82, 2.24) is 9.80 Å². The molecule has 2 aliphatic rings. The summed E-state index contributed by atoms with van der Waals surface area (Å²) in [6.07, 6.45) is 3.46. The van der Waals surface area contributed by atoms with Crippen LogP contribution in [-0.4, -0.2) is 58.6 Å². The highest BCUT2D eigenvalue weighted by molar-refractivity contribution is 5.69. The van der Waals surface area contributed by atoms with Crippen LogP contribution >= 0.6 is 0 Å². The van der Waals surface area contributed by atoms with E-state index in [0.29, 0.717) is 6.04 Å². The Kier molecular flexibility index (Phi) is 3.22. The molecule has 0 aliphatic carbocycles. The minimum Gasteiger partial charge on any atom is -0.480 e. The lowest BCUT2D eigenvalue weighted by Crippen LogP contribution is -2.48. The molecule has 0 aromatic rings. The highest BCUT2D eigenvalue weighted by Crippen LogP contribution is 2.37. The fourth-order valence-electron chi connectivity index (χ4n) is 3.20. The van der Waals surface area contributed by atoms with Gasteiger partial charge in [0.2, 0.25) is 0 Å². The fourth-order valence-corrected chi connectivity index (χ4v) is 3.20. The lowest BCUT2D eigenvalue weighted by Gasteiger charge is -2.34. The predicted molar refractivity (Wildman–Crippen MR) is 62.5 cm³/mol. The van der Waals surface area contributed by atoms with Gasteiger partial charge in [0, 0.05) is 24.7 Å². The molecule has 2 heterocycles. The van der Waals surface area contributed by atoms with E-state index in [1.807, 2.05) is 0 Å². The first-order valence-electron chi connectivity index (χ1n) is 6.24. The van der Waals surface area contributed by atoms with Gasteiger partial charge in [0.05, 0.1) is 6.54 Å². The topological polar surface area (TPSA) is 43.8 Å². The van der Waals surface area contributed by atoms with Crippen molar-refractivity contribution in [3.8, 4) is 0 Å². The maximum atomic E-state index is 10.9. The molecule has 0 aromatic heterocycles. The number of nitrogens with zero attached hydrogens (tertiary/aromatic N) is 2. The number of carbonyl (C=O) groups is 1. The molecule has 2 fully saturated rings. The van der Waals surface area contributed by atoms with Gasteiger partial charge in [-0.05, 0) is 39.7 Å². The Morgan fingerprint density at radius 1 is 1.38 bits per heavy atom. The van der Waals surface area contributed by atoms with E-state index in [9.17, 15) is 4.79 Å². The summed E-state index contributed by atoms with van der Waals surface area (Å²) in [5.41, 5.74) is 0.169. The minimum absolute atomic E-state index is 0.169. The van der Waals surface area contributed by atoms with Crippen LogP contribution in [0.1, 0.15) is 33.1 Å². The molecule has 0 amide bonds. The van der Waals surface area contributed by atoms with E-state index >= 15 is 0 Å². The molecule has 1 spiro atoms. The Hall–Kier alpha value is -0.610. The third kappa shape index (κ3) is 2.09. The molecule has 2 rings (SSSR count). The van der Waals surface area contributed by atoms with Crippen LogP contribution in [0.3, 0.4) is 0 Å². The Morgan fingerprint density at radius 2 is 2.12 bits per heavy atom. The van der Waals surface area contributed by atoms with Crippen molar-refractivity contribution in [2.75, 3.05) is 26.2 Å². The zero-order valence-electron chi connectivity index (χ0n) is 10.3. The smallest absolute Gasteiger partial charge is 0.317 e. The lowest BCUT2D eigenvalue weighted by atomic mass is 9.95. The summed E-state index contributed by atoms with van der Waals surface area (Å²) in [7, 11) is 0. The van der Waals surface area contributed by atoms with Crippen LogP contribution in [0.2, 0.25) is 0 Å². The van der Waals surface area contributed by atoms with Crippen molar-refractivity contribution in [3.05, 3.63) is 0 Å². The third-order valence-corrected chi connectivity index (χ3v) is 4.16. The second-order valence-electron chi connectivity index (χ2n) is 5.46. The number of likely N-dealkylation sites (tertiary alicyclic amines) is 2. The second-order valence-corrected chi connectivity index (χ2v) is 5.46. The maximum Gasteiger partial charge on any atom is 0.317 e. The molecule has 4 heteroatoms. The Balaban J connectivity index is 2.04. The van der Waals surface area contributed by atoms with E-state index in [2.05, 4.69) is 23.6 Å². The molecule has 2 saturated heterocycles. The van der Waals surface area contributed by atoms with E-state index in [-0.39, 0.29) is 12.1 Å². The van der Waals surface area contributed by atoms with E-state index in [4.69, 9.17) is 5.11 Å². The fraction of sp³-hybridized carbons (Fsp3) is 0.917. The molecule has 16 heavy (non-hydrogen) atoms. The molecule has 0 saturated carbocycles. The van der Waals surface area contributed by atoms with Crippen molar-refractivity contribution >= 4 is 5.97 Å². The number of carboxylic acids is 1. The van der Waals surface area contributed by atoms with Gasteiger partial charge in [-0.15, -0.1) is 0 Å². The zero-order valence-corrected chi connectivity index (χ0v) is 10.3. The quantitative estimate of drug-likeness (QED) is 0.780. The van der Waals surface area contributed by atoms with Gasteiger partial charge in [-0.1, -0.05) is 0 Å². The Bertz CT molecular complexity index is 280. The van der Waals surface area contributed by atoms with Crippen LogP contribution in [0.15, 0.2) is 0 Å². The molecule has 4 nitrogen and oxygen atoms in total. The summed E-state index contributed by atoms with van der Waals surface area (Å²) in [5, 5.41) is 8.94. The van der Waals surface area contributed by atoms with Gasteiger partial charge in [0.1, 0.15) is 0 Å². The number of carboxylic acid groups (broad SMARTS) is 1. The van der Waals surface area contributed by atoms with Crippen molar-refractivity contribution in [2.24, 2.45) is 0 Å². The number of rotatable bonds is 3. The van der Waals surface area contributed by atoms with Crippen molar-refractivity contribution in [3.63, 3.8) is 0 Å². The summed E-state index contributed by atoms with van der Waals surface area (Å²) in [5.74, 6) is -0.690. The van der Waals surface area contributed by atoms with E-state index in [1.54, 1.807) is 0 Å². The number of aliphatic carboxylic acids is 1. The molecule has 0 aromatic carbocycles. The van der Waals surface area contributed by atoms with Gasteiger partial charge in [-0.25, -0.2) is 0 Å². The normalized spacial score (nSPS) is 31.9. The SMILES string of the molecule is CC(C)N1CCC2(CCCN2CC(=O)O)C1. The van der Waals surface area contributed by atoms with E-state index in [0.717, 1.165) is 32.5 Å². The predicted octanol–water partition coefficient (Wildman–Crippen LogP) is 1.02. The average molecular weight is 226 g/mol. The molecular weight excluding hydrogens is 204 g/mol. The first-order valence-corrected chi connectivity index (χ1v) is 6.24. The Labute approximate surface area is 97.2 Å². The summed E-state index contributed by atoms with van der Waals surface area (Å²) < 4.78 is 0. The first kappa shape index (κ1) is 11.9. The molecule has 1 N–H and O–H groups in total. The van der Waals surface area contributed by atoms with E-state index in [1.165, 1.54) is 6.42 Å². The van der Waals surface area contributed by atoms with Crippen LogP contribution in [0.5, 0.6) is 0 Å². The number of hydrogen-bond donors (Lipinski definition) is 1. The highest BCUT2D eigenvalue weighted by atomic mass is 16.4.